The summed E-state index contributed by atoms with van der Waals surface area (Å²) in [6.45, 7) is 4.62. The molecule has 1 N–H and O–H groups in total. The summed E-state index contributed by atoms with van der Waals surface area (Å²) in [6, 6.07) is 0.441. The highest BCUT2D eigenvalue weighted by molar-refractivity contribution is 5.79. The maximum absolute atomic E-state index is 12.3. The number of piperidine rings is 2. The number of hydrogen-bond donors (Lipinski definition) is 1. The lowest BCUT2D eigenvalue weighted by molar-refractivity contribution is -0.133. The molecule has 10 nitrogen and oxygen atoms in total. The van der Waals surface area contributed by atoms with Crippen LogP contribution in [0.15, 0.2) is 6.33 Å². The molecule has 10 heteroatoms. The molecule has 0 saturated carbocycles. The first-order valence-corrected chi connectivity index (χ1v) is 9.66. The van der Waals surface area contributed by atoms with E-state index in [1.165, 1.54) is 11.0 Å². The van der Waals surface area contributed by atoms with Crippen molar-refractivity contribution in [1.29, 1.82) is 0 Å². The Morgan fingerprint density at radius 2 is 2.04 bits per heavy atom. The maximum atomic E-state index is 12.3. The first-order chi connectivity index (χ1) is 13.2. The number of aromatic nitrogens is 4. The summed E-state index contributed by atoms with van der Waals surface area (Å²) in [5.41, 5.74) is 0. The number of methoxy groups -OCH3 is 1. The van der Waals surface area contributed by atoms with Gasteiger partial charge in [-0.25, -0.2) is 4.68 Å². The Labute approximate surface area is 159 Å². The van der Waals surface area contributed by atoms with Gasteiger partial charge < -0.3 is 15.0 Å². The van der Waals surface area contributed by atoms with Crippen molar-refractivity contribution in [3.05, 3.63) is 6.33 Å². The number of rotatable bonds is 7. The van der Waals surface area contributed by atoms with Crippen molar-refractivity contribution in [3.63, 3.8) is 0 Å². The zero-order valence-electron chi connectivity index (χ0n) is 15.9. The van der Waals surface area contributed by atoms with Crippen molar-refractivity contribution in [3.8, 4) is 0 Å². The molecule has 3 heterocycles. The van der Waals surface area contributed by atoms with Gasteiger partial charge in [0, 0.05) is 39.3 Å². The van der Waals surface area contributed by atoms with E-state index in [9.17, 15) is 9.59 Å². The molecule has 0 aliphatic carbocycles. The predicted molar refractivity (Wildman–Crippen MR) is 96.6 cm³/mol. The van der Waals surface area contributed by atoms with Crippen molar-refractivity contribution in [2.75, 3.05) is 46.4 Å². The number of nitrogens with one attached hydrogen (secondary N) is 1. The lowest BCUT2D eigenvalue weighted by Crippen LogP contribution is -2.52. The molecule has 2 aliphatic rings. The van der Waals surface area contributed by atoms with Gasteiger partial charge in [0.1, 0.15) is 12.9 Å². The highest BCUT2D eigenvalue weighted by Gasteiger charge is 2.32. The zero-order valence-corrected chi connectivity index (χ0v) is 15.9. The van der Waals surface area contributed by atoms with Crippen molar-refractivity contribution in [2.24, 2.45) is 5.92 Å². The second kappa shape index (κ2) is 9.75. The van der Waals surface area contributed by atoms with Gasteiger partial charge in [0.2, 0.25) is 11.8 Å². The van der Waals surface area contributed by atoms with Crippen molar-refractivity contribution in [1.82, 2.24) is 35.3 Å². The van der Waals surface area contributed by atoms with Crippen LogP contribution in [0.25, 0.3) is 0 Å². The minimum absolute atomic E-state index is 0.0507. The van der Waals surface area contributed by atoms with E-state index in [1.807, 2.05) is 4.90 Å². The molecule has 2 fully saturated rings. The molecule has 0 bridgehead atoms. The van der Waals surface area contributed by atoms with E-state index in [0.717, 1.165) is 51.9 Å². The molecule has 0 spiro atoms. The quantitative estimate of drug-likeness (QED) is 0.615. The Bertz CT molecular complexity index is 602. The SMILES string of the molecule is COCCNC(=O)[C@@H]1CCCN(C2CCN(C(=O)Cn3cnnn3)CC2)C1. The molecule has 1 atom stereocenters. The molecular weight excluding hydrogens is 350 g/mol. The largest absolute Gasteiger partial charge is 0.383 e. The molecule has 2 saturated heterocycles. The summed E-state index contributed by atoms with van der Waals surface area (Å²) in [6.07, 6.45) is 5.33. The lowest BCUT2D eigenvalue weighted by atomic mass is 9.93. The highest BCUT2D eigenvalue weighted by atomic mass is 16.5. The zero-order chi connectivity index (χ0) is 19.1. The van der Waals surface area contributed by atoms with Crippen LogP contribution in [0.4, 0.5) is 0 Å². The molecule has 2 amide bonds. The third-order valence-corrected chi connectivity index (χ3v) is 5.45. The Hall–Kier alpha value is -2.07. The molecular formula is C17H29N7O3. The number of hydrogen-bond acceptors (Lipinski definition) is 7. The van der Waals surface area contributed by atoms with E-state index in [0.29, 0.717) is 19.2 Å². The molecule has 150 valence electrons. The van der Waals surface area contributed by atoms with Crippen LogP contribution in [-0.4, -0.2) is 94.3 Å². The fourth-order valence-corrected chi connectivity index (χ4v) is 3.94. The highest BCUT2D eigenvalue weighted by Crippen LogP contribution is 2.24. The van der Waals surface area contributed by atoms with Crippen LogP contribution >= 0.6 is 0 Å². The second-order valence-electron chi connectivity index (χ2n) is 7.24. The van der Waals surface area contributed by atoms with Gasteiger partial charge in [-0.2, -0.15) is 0 Å². The number of tetrazole rings is 1. The van der Waals surface area contributed by atoms with Crippen LogP contribution in [0.2, 0.25) is 0 Å². The fourth-order valence-electron chi connectivity index (χ4n) is 3.94. The van der Waals surface area contributed by atoms with Crippen LogP contribution in [0.5, 0.6) is 0 Å². The Balaban J connectivity index is 1.43. The van der Waals surface area contributed by atoms with Crippen molar-refractivity contribution < 1.29 is 14.3 Å². The molecule has 1 aromatic heterocycles. The topological polar surface area (TPSA) is 105 Å². The predicted octanol–water partition coefficient (Wildman–Crippen LogP) is -0.861. The van der Waals surface area contributed by atoms with Crippen LogP contribution < -0.4 is 5.32 Å². The molecule has 27 heavy (non-hydrogen) atoms. The molecule has 0 aromatic carbocycles. The van der Waals surface area contributed by atoms with Crippen LogP contribution in [0.3, 0.4) is 0 Å². The summed E-state index contributed by atoms with van der Waals surface area (Å²) in [4.78, 5) is 29.0. The van der Waals surface area contributed by atoms with E-state index in [4.69, 9.17) is 4.74 Å². The monoisotopic (exact) mass is 379 g/mol. The van der Waals surface area contributed by atoms with E-state index in [1.54, 1.807) is 7.11 Å². The van der Waals surface area contributed by atoms with Gasteiger partial charge in [-0.3, -0.25) is 14.5 Å². The number of nitrogens with zero attached hydrogens (tertiary/aromatic N) is 6. The molecule has 0 radical (unpaired) electrons. The first-order valence-electron chi connectivity index (χ1n) is 9.66. The Morgan fingerprint density at radius 1 is 1.22 bits per heavy atom. The fraction of sp³-hybridized carbons (Fsp3) is 0.824. The number of amides is 2. The number of carbonyl (C=O) groups excluding carboxylic acids is 2. The third-order valence-electron chi connectivity index (χ3n) is 5.45. The maximum Gasteiger partial charge on any atom is 0.244 e. The van der Waals surface area contributed by atoms with Crippen molar-refractivity contribution in [2.45, 2.75) is 38.3 Å². The minimum Gasteiger partial charge on any atom is -0.383 e. The van der Waals surface area contributed by atoms with Crippen LogP contribution in [0, 0.1) is 5.92 Å². The number of likely N-dealkylation sites (tertiary alicyclic amines) is 2. The summed E-state index contributed by atoms with van der Waals surface area (Å²) in [5.74, 6) is 0.232. The van der Waals surface area contributed by atoms with E-state index < -0.39 is 0 Å². The van der Waals surface area contributed by atoms with Gasteiger partial charge in [-0.1, -0.05) is 0 Å². The number of carbonyl (C=O) groups is 2. The van der Waals surface area contributed by atoms with Crippen LogP contribution in [0.1, 0.15) is 25.7 Å². The summed E-state index contributed by atoms with van der Waals surface area (Å²) >= 11 is 0. The minimum atomic E-state index is 0.0507. The summed E-state index contributed by atoms with van der Waals surface area (Å²) < 4.78 is 6.44. The normalized spacial score (nSPS) is 22.0. The third kappa shape index (κ3) is 5.46. The average Bonchev–Trinajstić information content (AvgIpc) is 3.21. The van der Waals surface area contributed by atoms with E-state index >= 15 is 0 Å². The van der Waals surface area contributed by atoms with Gasteiger partial charge in [0.25, 0.3) is 0 Å². The average molecular weight is 379 g/mol. The Kier molecular flexibility index (Phi) is 7.11. The van der Waals surface area contributed by atoms with Gasteiger partial charge in [-0.15, -0.1) is 5.10 Å². The van der Waals surface area contributed by atoms with Gasteiger partial charge in [0.15, 0.2) is 0 Å². The smallest absolute Gasteiger partial charge is 0.244 e. The standard InChI is InChI=1S/C17H29N7O3/c1-27-10-6-18-17(26)14-3-2-7-23(11-14)15-4-8-22(9-5-15)16(25)12-24-13-19-20-21-24/h13-15H,2-12H2,1H3,(H,18,26)/t14-/m1/s1. The number of ether oxygens (including phenoxy) is 1. The first kappa shape index (κ1) is 19.7. The van der Waals surface area contributed by atoms with Gasteiger partial charge >= 0.3 is 0 Å². The molecule has 3 rings (SSSR count). The summed E-state index contributed by atoms with van der Waals surface area (Å²) in [7, 11) is 1.63. The van der Waals surface area contributed by atoms with E-state index in [-0.39, 0.29) is 24.3 Å². The van der Waals surface area contributed by atoms with Gasteiger partial charge in [0.05, 0.1) is 12.5 Å². The summed E-state index contributed by atoms with van der Waals surface area (Å²) in [5, 5.41) is 13.8. The van der Waals surface area contributed by atoms with Crippen LogP contribution in [-0.2, 0) is 20.9 Å². The second-order valence-corrected chi connectivity index (χ2v) is 7.24. The Morgan fingerprint density at radius 3 is 2.74 bits per heavy atom. The molecule has 0 unspecified atom stereocenters. The van der Waals surface area contributed by atoms with E-state index in [2.05, 4.69) is 25.7 Å². The van der Waals surface area contributed by atoms with Gasteiger partial charge in [-0.05, 0) is 42.7 Å². The lowest BCUT2D eigenvalue weighted by Gasteiger charge is -2.42. The van der Waals surface area contributed by atoms with Crippen molar-refractivity contribution >= 4 is 11.8 Å². The molecule has 1 aromatic rings. The molecule has 2 aliphatic heterocycles.